The Kier molecular flexibility index (Phi) is 37.8. The molecule has 21 heteroatoms. The summed E-state index contributed by atoms with van der Waals surface area (Å²) in [5.41, 5.74) is 10.9. The first-order chi connectivity index (χ1) is 31.5. The molecule has 4 atom stereocenters. The number of carboxylic acids is 2. The van der Waals surface area contributed by atoms with Crippen LogP contribution >= 0.6 is 0 Å². The Morgan fingerprint density at radius 2 is 0.909 bits per heavy atom. The summed E-state index contributed by atoms with van der Waals surface area (Å²) < 4.78 is 10.7. The van der Waals surface area contributed by atoms with Crippen molar-refractivity contribution in [3.8, 4) is 0 Å². The molecule has 12 N–H and O–H groups in total. The number of aliphatic hydroxyl groups excluding tert-OH is 1. The Balaban J connectivity index is 4.01. The van der Waals surface area contributed by atoms with Crippen LogP contribution in [-0.2, 0) is 47.8 Å². The topological polar surface area (TPSA) is 328 Å². The lowest BCUT2D eigenvalue weighted by Crippen LogP contribution is -2.44. The van der Waals surface area contributed by atoms with Gasteiger partial charge in [0.15, 0.2) is 7.85 Å². The number of carbonyl (C=O) groups excluding carboxylic acids is 6. The fourth-order valence-corrected chi connectivity index (χ4v) is 6.59. The van der Waals surface area contributed by atoms with E-state index >= 15 is 0 Å². The third kappa shape index (κ3) is 37.6. The average molecular weight is 938 g/mol. The van der Waals surface area contributed by atoms with E-state index in [9.17, 15) is 48.6 Å². The molecule has 0 aliphatic carbocycles. The van der Waals surface area contributed by atoms with Crippen LogP contribution in [0.15, 0.2) is 12.3 Å². The summed E-state index contributed by atoms with van der Waals surface area (Å²) in [4.78, 5) is 95.7. The Morgan fingerprint density at radius 1 is 0.470 bits per heavy atom. The van der Waals surface area contributed by atoms with E-state index in [2.05, 4.69) is 33.2 Å². The van der Waals surface area contributed by atoms with E-state index < -0.39 is 59.5 Å². The molecule has 0 fully saturated rings. The Bertz CT molecular complexity index is 1440. The number of carboxylic acid groups (broad SMARTS) is 2. The van der Waals surface area contributed by atoms with Crippen molar-refractivity contribution in [3.05, 3.63) is 12.3 Å². The lowest BCUT2D eigenvalue weighted by molar-refractivity contribution is -0.143. The Labute approximate surface area is 392 Å². The van der Waals surface area contributed by atoms with Crippen LogP contribution < -0.4 is 38.1 Å². The minimum atomic E-state index is -1.39. The van der Waals surface area contributed by atoms with Gasteiger partial charge in [-0.1, -0.05) is 70.8 Å². The molecule has 5 amide bonds. The van der Waals surface area contributed by atoms with Crippen molar-refractivity contribution in [2.45, 2.75) is 178 Å². The highest BCUT2D eigenvalue weighted by Crippen LogP contribution is 2.14. The zero-order chi connectivity index (χ0) is 49.4. The van der Waals surface area contributed by atoms with Crippen LogP contribution in [0, 0.1) is 0 Å². The van der Waals surface area contributed by atoms with Crippen LogP contribution in [0.4, 0.5) is 0 Å². The second-order valence-corrected chi connectivity index (χ2v) is 16.6. The van der Waals surface area contributed by atoms with Crippen LogP contribution in [0.25, 0.3) is 0 Å². The molecule has 1 unspecified atom stereocenters. The number of nitrogens with one attached hydrogen (secondary N) is 5. The SMILES string of the molecule is [B]C(=O)[C@@H](N)CCCCNC(=O)C(N)CCCCNC(=O)COCCOCCNC(=O)CC[C@H](NC(=O)CC[C@H](NC(=O)CCCCCCCCCCCCCCC(=C)O)C(=O)O)C(=O)O. The molecule has 0 saturated heterocycles. The van der Waals surface area contributed by atoms with E-state index in [1.54, 1.807) is 0 Å². The van der Waals surface area contributed by atoms with Gasteiger partial charge in [-0.25, -0.2) is 9.59 Å². The molecule has 0 aliphatic rings. The third-order valence-electron chi connectivity index (χ3n) is 10.6. The number of hydrogen-bond donors (Lipinski definition) is 10. The smallest absolute Gasteiger partial charge is 0.326 e. The zero-order valence-electron chi connectivity index (χ0n) is 39.1. The van der Waals surface area contributed by atoms with Gasteiger partial charge in [-0.15, -0.1) is 0 Å². The van der Waals surface area contributed by atoms with Gasteiger partial charge >= 0.3 is 11.9 Å². The number of aliphatic carboxylic acids is 2. The molecule has 376 valence electrons. The fraction of sp³-hybridized carbons (Fsp3) is 0.778. The minimum Gasteiger partial charge on any atom is -0.513 e. The normalized spacial score (nSPS) is 12.8. The van der Waals surface area contributed by atoms with Gasteiger partial charge in [0.1, 0.15) is 18.7 Å². The Morgan fingerprint density at radius 3 is 1.42 bits per heavy atom. The average Bonchev–Trinajstić information content (AvgIpc) is 3.26. The van der Waals surface area contributed by atoms with Crippen LogP contribution in [-0.4, -0.2) is 141 Å². The van der Waals surface area contributed by atoms with Crippen LogP contribution in [0.2, 0.25) is 0 Å². The molecule has 0 aromatic carbocycles. The van der Waals surface area contributed by atoms with Crippen LogP contribution in [0.5, 0.6) is 0 Å². The molecule has 0 rings (SSSR count). The van der Waals surface area contributed by atoms with Crippen molar-refractivity contribution < 1.29 is 63.1 Å². The molecule has 0 bridgehead atoms. The number of hydrogen-bond acceptors (Lipinski definition) is 13. The lowest BCUT2D eigenvalue weighted by Gasteiger charge is -2.17. The van der Waals surface area contributed by atoms with Crippen molar-refractivity contribution in [3.63, 3.8) is 0 Å². The van der Waals surface area contributed by atoms with E-state index in [1.165, 1.54) is 32.1 Å². The van der Waals surface area contributed by atoms with E-state index in [0.717, 1.165) is 38.5 Å². The van der Waals surface area contributed by atoms with Crippen LogP contribution in [0.3, 0.4) is 0 Å². The fourth-order valence-electron chi connectivity index (χ4n) is 6.59. The number of aliphatic hydroxyl groups is 1. The molecular formula is C45H80BN7O13. The highest BCUT2D eigenvalue weighted by Gasteiger charge is 2.24. The number of nitrogens with two attached hydrogens (primary N) is 2. The minimum absolute atomic E-state index is 0.122. The number of carbonyl (C=O) groups is 8. The standard InChI is InChI=1S/C45H80BN7O13/c1-33(54)18-12-10-8-6-4-2-3-5-7-9-11-13-21-39(56)52-37(45(63)64)23-25-40(57)53-36(44(61)62)22-24-38(55)50-28-29-65-30-31-66-32-41(58)49-26-16-15-20-35(48)43(60)51-27-17-14-19-34(47)42(46)59/h34-37,54H,1-32,47-48H2,(H,49,58)(H,50,55)(H,51,60)(H,52,56)(H,53,57)(H,61,62)(H,63,64)/t34-,35?,36-,37-/m0/s1. The van der Waals surface area contributed by atoms with Gasteiger partial charge in [0.25, 0.3) is 0 Å². The summed E-state index contributed by atoms with van der Waals surface area (Å²) in [6.45, 7) is 4.64. The predicted molar refractivity (Wildman–Crippen MR) is 249 cm³/mol. The molecule has 0 aliphatic heterocycles. The Hall–Kier alpha value is -4.60. The van der Waals surface area contributed by atoms with Gasteiger partial charge in [-0.3, -0.25) is 24.0 Å². The second-order valence-electron chi connectivity index (χ2n) is 16.6. The maximum atomic E-state index is 12.5. The quantitative estimate of drug-likeness (QED) is 0.0238. The van der Waals surface area contributed by atoms with Crippen LogP contribution in [0.1, 0.15) is 154 Å². The summed E-state index contributed by atoms with van der Waals surface area (Å²) in [5.74, 6) is -4.63. The summed E-state index contributed by atoms with van der Waals surface area (Å²) in [6, 6.07) is -4.07. The van der Waals surface area contributed by atoms with E-state index in [0.29, 0.717) is 64.5 Å². The van der Waals surface area contributed by atoms with Gasteiger partial charge in [-0.2, -0.15) is 0 Å². The van der Waals surface area contributed by atoms with Crippen molar-refractivity contribution in [1.82, 2.24) is 26.6 Å². The first kappa shape index (κ1) is 61.4. The molecule has 66 heavy (non-hydrogen) atoms. The van der Waals surface area contributed by atoms with Crippen molar-refractivity contribution in [2.24, 2.45) is 11.5 Å². The van der Waals surface area contributed by atoms with E-state index in [-0.39, 0.29) is 82.6 Å². The first-order valence-electron chi connectivity index (χ1n) is 23.7. The van der Waals surface area contributed by atoms with Gasteiger partial charge in [-0.05, 0) is 64.2 Å². The monoisotopic (exact) mass is 938 g/mol. The maximum Gasteiger partial charge on any atom is 0.326 e. The molecule has 0 saturated carbocycles. The summed E-state index contributed by atoms with van der Waals surface area (Å²) in [5, 5.41) is 41.0. The maximum absolute atomic E-state index is 12.5. The number of allylic oxidation sites excluding steroid dienone is 1. The highest BCUT2D eigenvalue weighted by atomic mass is 16.5. The van der Waals surface area contributed by atoms with Gasteiger partial charge in [0.2, 0.25) is 29.5 Å². The third-order valence-corrected chi connectivity index (χ3v) is 10.6. The molecule has 0 heterocycles. The molecule has 2 radical (unpaired) electrons. The molecule has 0 aromatic heterocycles. The van der Waals surface area contributed by atoms with Crippen molar-refractivity contribution in [1.29, 1.82) is 0 Å². The van der Waals surface area contributed by atoms with Crippen molar-refractivity contribution >= 4 is 55.0 Å². The van der Waals surface area contributed by atoms with Gasteiger partial charge in [0.05, 0.1) is 43.3 Å². The van der Waals surface area contributed by atoms with E-state index in [1.807, 2.05) is 0 Å². The number of ether oxygens (including phenoxy) is 2. The van der Waals surface area contributed by atoms with Gasteiger partial charge in [0, 0.05) is 45.3 Å². The summed E-state index contributed by atoms with van der Waals surface area (Å²) in [7, 11) is 5.11. The van der Waals surface area contributed by atoms with Gasteiger partial charge < -0.3 is 67.6 Å². The largest absolute Gasteiger partial charge is 0.513 e. The van der Waals surface area contributed by atoms with E-state index in [4.69, 9.17) is 33.9 Å². The zero-order valence-corrected chi connectivity index (χ0v) is 39.1. The highest BCUT2D eigenvalue weighted by molar-refractivity contribution is 6.59. The molecule has 0 aromatic rings. The number of rotatable bonds is 45. The molecular weight excluding hydrogens is 857 g/mol. The summed E-state index contributed by atoms with van der Waals surface area (Å²) in [6.07, 6.45) is 15.9. The molecule has 0 spiro atoms. The lowest BCUT2D eigenvalue weighted by atomic mass is 9.92. The second kappa shape index (κ2) is 40.7. The molecule has 20 nitrogen and oxygen atoms in total. The summed E-state index contributed by atoms with van der Waals surface area (Å²) >= 11 is 0. The van der Waals surface area contributed by atoms with Crippen molar-refractivity contribution in [2.75, 3.05) is 46.1 Å². The predicted octanol–water partition coefficient (Wildman–Crippen LogP) is 2.29. The number of unbranched alkanes of at least 4 members (excludes halogenated alkanes) is 13. The first-order valence-corrected chi connectivity index (χ1v) is 23.7. The number of amides is 5.